The summed E-state index contributed by atoms with van der Waals surface area (Å²) in [5.74, 6) is 0.872. The van der Waals surface area contributed by atoms with Gasteiger partial charge in [0.1, 0.15) is 5.75 Å². The van der Waals surface area contributed by atoms with Crippen LogP contribution >= 0.6 is 0 Å². The van der Waals surface area contributed by atoms with Gasteiger partial charge in [-0.15, -0.1) is 0 Å². The first-order chi connectivity index (χ1) is 13.6. The number of benzene rings is 2. The van der Waals surface area contributed by atoms with Crippen LogP contribution in [0.5, 0.6) is 5.75 Å². The number of amides is 1. The van der Waals surface area contributed by atoms with Crippen LogP contribution in [-0.2, 0) is 11.3 Å². The number of nitrogens with one attached hydrogen (secondary N) is 2. The van der Waals surface area contributed by atoms with Crippen molar-refractivity contribution in [1.29, 1.82) is 0 Å². The fourth-order valence-corrected chi connectivity index (χ4v) is 3.22. The van der Waals surface area contributed by atoms with Gasteiger partial charge in [-0.05, 0) is 49.0 Å². The van der Waals surface area contributed by atoms with Crippen molar-refractivity contribution in [2.45, 2.75) is 13.0 Å². The second-order valence-corrected chi connectivity index (χ2v) is 7.16. The highest BCUT2D eigenvalue weighted by Gasteiger charge is 2.14. The highest BCUT2D eigenvalue weighted by molar-refractivity contribution is 5.91. The highest BCUT2D eigenvalue weighted by Crippen LogP contribution is 2.19. The first kappa shape index (κ1) is 20.2. The van der Waals surface area contributed by atoms with Crippen LogP contribution in [0.1, 0.15) is 12.0 Å². The molecule has 0 saturated carbocycles. The second-order valence-electron chi connectivity index (χ2n) is 7.16. The molecule has 0 unspecified atom stereocenters. The molecule has 1 fully saturated rings. The van der Waals surface area contributed by atoms with E-state index in [1.54, 1.807) is 7.11 Å². The van der Waals surface area contributed by atoms with E-state index in [9.17, 15) is 4.79 Å². The Bertz CT molecular complexity index is 738. The van der Waals surface area contributed by atoms with E-state index in [4.69, 9.17) is 4.74 Å². The molecule has 0 spiro atoms. The lowest BCUT2D eigenvalue weighted by Crippen LogP contribution is -2.44. The molecule has 3 rings (SSSR count). The van der Waals surface area contributed by atoms with E-state index in [2.05, 4.69) is 39.6 Å². The maximum absolute atomic E-state index is 12.1. The maximum Gasteiger partial charge on any atom is 0.225 e. The van der Waals surface area contributed by atoms with Crippen LogP contribution in [0.15, 0.2) is 48.5 Å². The molecule has 28 heavy (non-hydrogen) atoms. The number of likely N-dealkylation sites (N-methyl/N-ethyl adjacent to an activating group) is 1. The van der Waals surface area contributed by atoms with Crippen molar-refractivity contribution in [3.8, 4) is 5.75 Å². The van der Waals surface area contributed by atoms with Crippen molar-refractivity contribution in [2.24, 2.45) is 0 Å². The number of carbonyl (C=O) groups excluding carboxylic acids is 1. The quantitative estimate of drug-likeness (QED) is 0.688. The highest BCUT2D eigenvalue weighted by atomic mass is 16.5. The summed E-state index contributed by atoms with van der Waals surface area (Å²) in [6.07, 6.45) is 0.441. The Morgan fingerprint density at radius 1 is 1.00 bits per heavy atom. The monoisotopic (exact) mass is 382 g/mol. The predicted octanol–water partition coefficient (Wildman–Crippen LogP) is 2.57. The van der Waals surface area contributed by atoms with Crippen molar-refractivity contribution in [3.05, 3.63) is 54.1 Å². The predicted molar refractivity (Wildman–Crippen MR) is 114 cm³/mol. The van der Waals surface area contributed by atoms with E-state index in [-0.39, 0.29) is 5.91 Å². The van der Waals surface area contributed by atoms with E-state index in [0.29, 0.717) is 13.0 Å². The molecule has 1 heterocycles. The topological polar surface area (TPSA) is 56.8 Å². The minimum Gasteiger partial charge on any atom is -0.497 e. The average molecular weight is 383 g/mol. The van der Waals surface area contributed by atoms with Crippen molar-refractivity contribution >= 4 is 17.3 Å². The molecule has 0 atom stereocenters. The lowest BCUT2D eigenvalue weighted by atomic mass is 10.2. The fourth-order valence-electron chi connectivity index (χ4n) is 3.22. The van der Waals surface area contributed by atoms with E-state index in [1.165, 1.54) is 11.3 Å². The summed E-state index contributed by atoms with van der Waals surface area (Å²) >= 11 is 0. The lowest BCUT2D eigenvalue weighted by molar-refractivity contribution is -0.116. The Labute approximate surface area is 167 Å². The summed E-state index contributed by atoms with van der Waals surface area (Å²) in [6.45, 7) is 5.63. The summed E-state index contributed by atoms with van der Waals surface area (Å²) < 4.78 is 5.15. The Balaban J connectivity index is 1.37. The molecule has 2 aromatic rings. The van der Waals surface area contributed by atoms with Crippen LogP contribution in [0.3, 0.4) is 0 Å². The van der Waals surface area contributed by atoms with Crippen LogP contribution in [-0.4, -0.2) is 57.7 Å². The number of hydrogen-bond acceptors (Lipinski definition) is 5. The Morgan fingerprint density at radius 3 is 2.32 bits per heavy atom. The van der Waals surface area contributed by atoms with Crippen LogP contribution in [0.2, 0.25) is 0 Å². The SMILES string of the molecule is COc1ccc(CNCCC(=O)Nc2ccc(N3CCN(C)CC3)cc2)cc1. The van der Waals surface area contributed by atoms with Gasteiger partial charge in [0.25, 0.3) is 0 Å². The Hall–Kier alpha value is -2.57. The van der Waals surface area contributed by atoms with Crippen LogP contribution in [0.4, 0.5) is 11.4 Å². The minimum absolute atomic E-state index is 0.0228. The molecule has 150 valence electrons. The summed E-state index contributed by atoms with van der Waals surface area (Å²) in [6, 6.07) is 16.1. The van der Waals surface area contributed by atoms with E-state index >= 15 is 0 Å². The number of ether oxygens (including phenoxy) is 1. The second kappa shape index (κ2) is 10.1. The number of carbonyl (C=O) groups is 1. The third-order valence-corrected chi connectivity index (χ3v) is 5.04. The number of methoxy groups -OCH3 is 1. The Morgan fingerprint density at radius 2 is 1.68 bits per heavy atom. The molecule has 1 aliphatic rings. The van der Waals surface area contributed by atoms with Gasteiger partial charge in [0.2, 0.25) is 5.91 Å². The van der Waals surface area contributed by atoms with Gasteiger partial charge in [0.05, 0.1) is 7.11 Å². The molecule has 6 nitrogen and oxygen atoms in total. The molecule has 1 aliphatic heterocycles. The Kier molecular flexibility index (Phi) is 7.28. The van der Waals surface area contributed by atoms with E-state index < -0.39 is 0 Å². The number of rotatable bonds is 8. The molecule has 2 N–H and O–H groups in total. The van der Waals surface area contributed by atoms with Crippen molar-refractivity contribution in [1.82, 2.24) is 10.2 Å². The molecule has 1 saturated heterocycles. The van der Waals surface area contributed by atoms with Gasteiger partial charge in [-0.25, -0.2) is 0 Å². The van der Waals surface area contributed by atoms with Gasteiger partial charge in [0.15, 0.2) is 0 Å². The molecule has 0 aromatic heterocycles. The van der Waals surface area contributed by atoms with E-state index in [0.717, 1.165) is 44.2 Å². The summed E-state index contributed by atoms with van der Waals surface area (Å²) in [4.78, 5) is 16.9. The van der Waals surface area contributed by atoms with Gasteiger partial charge >= 0.3 is 0 Å². The van der Waals surface area contributed by atoms with Crippen LogP contribution in [0.25, 0.3) is 0 Å². The van der Waals surface area contributed by atoms with Crippen LogP contribution in [0, 0.1) is 0 Å². The standard InChI is InChI=1S/C22H30N4O2/c1-25-13-15-26(16-14-25)20-7-5-19(6-8-20)24-22(27)11-12-23-17-18-3-9-21(28-2)10-4-18/h3-10,23H,11-17H2,1-2H3,(H,24,27). The molecular formula is C22H30N4O2. The van der Waals surface area contributed by atoms with Gasteiger partial charge in [-0.3, -0.25) is 4.79 Å². The van der Waals surface area contributed by atoms with Gasteiger partial charge in [-0.2, -0.15) is 0 Å². The van der Waals surface area contributed by atoms with Gasteiger partial charge in [0, 0.05) is 57.1 Å². The van der Waals surface area contributed by atoms with Crippen molar-refractivity contribution < 1.29 is 9.53 Å². The zero-order chi connectivity index (χ0) is 19.8. The number of anilines is 2. The molecule has 0 aliphatic carbocycles. The van der Waals surface area contributed by atoms with Crippen molar-refractivity contribution in [2.75, 3.05) is 57.1 Å². The number of hydrogen-bond donors (Lipinski definition) is 2. The first-order valence-corrected chi connectivity index (χ1v) is 9.81. The lowest BCUT2D eigenvalue weighted by Gasteiger charge is -2.34. The fraction of sp³-hybridized carbons (Fsp3) is 0.409. The van der Waals surface area contributed by atoms with Crippen molar-refractivity contribution in [3.63, 3.8) is 0 Å². The smallest absolute Gasteiger partial charge is 0.225 e. The zero-order valence-electron chi connectivity index (χ0n) is 16.8. The number of nitrogens with zero attached hydrogens (tertiary/aromatic N) is 2. The summed E-state index contributed by atoms with van der Waals surface area (Å²) in [7, 11) is 3.81. The third kappa shape index (κ3) is 5.97. The van der Waals surface area contributed by atoms with Gasteiger partial charge in [-0.1, -0.05) is 12.1 Å². The first-order valence-electron chi connectivity index (χ1n) is 9.81. The van der Waals surface area contributed by atoms with Gasteiger partial charge < -0.3 is 25.2 Å². The largest absolute Gasteiger partial charge is 0.497 e. The number of piperazine rings is 1. The zero-order valence-corrected chi connectivity index (χ0v) is 16.8. The molecule has 1 amide bonds. The summed E-state index contributed by atoms with van der Waals surface area (Å²) in [5, 5.41) is 6.27. The molecule has 6 heteroatoms. The molecule has 2 aromatic carbocycles. The van der Waals surface area contributed by atoms with E-state index in [1.807, 2.05) is 36.4 Å². The summed E-state index contributed by atoms with van der Waals surface area (Å²) in [5.41, 5.74) is 3.23. The molecular weight excluding hydrogens is 352 g/mol. The maximum atomic E-state index is 12.1. The third-order valence-electron chi connectivity index (χ3n) is 5.04. The normalized spacial score (nSPS) is 14.7. The minimum atomic E-state index is 0.0228. The molecule has 0 bridgehead atoms. The van der Waals surface area contributed by atoms with Crippen LogP contribution < -0.4 is 20.3 Å². The molecule has 0 radical (unpaired) electrons. The average Bonchev–Trinajstić information content (AvgIpc) is 2.73.